The van der Waals surface area contributed by atoms with Crippen LogP contribution in [-0.4, -0.2) is 61.1 Å². The van der Waals surface area contributed by atoms with E-state index in [1.807, 2.05) is 0 Å². The van der Waals surface area contributed by atoms with Crippen molar-refractivity contribution in [3.63, 3.8) is 0 Å². The van der Waals surface area contributed by atoms with Gasteiger partial charge in [-0.05, 0) is 64.8 Å². The molecule has 0 aromatic rings. The van der Waals surface area contributed by atoms with E-state index in [9.17, 15) is 0 Å². The molecule has 2 saturated heterocycles. The summed E-state index contributed by atoms with van der Waals surface area (Å²) in [5, 5.41) is 3.51. The van der Waals surface area contributed by atoms with Gasteiger partial charge in [0.05, 0.1) is 0 Å². The molecule has 1 N–H and O–H groups in total. The van der Waals surface area contributed by atoms with Crippen LogP contribution in [0.2, 0.25) is 0 Å². The summed E-state index contributed by atoms with van der Waals surface area (Å²) in [6, 6.07) is 0.669. The molecule has 23 heavy (non-hydrogen) atoms. The zero-order chi connectivity index (χ0) is 15.9. The number of likely N-dealkylation sites (tertiary alicyclic amines) is 2. The molecular weight excluding hydrogens is 399 g/mol. The van der Waals surface area contributed by atoms with Gasteiger partial charge in [0, 0.05) is 38.8 Å². The first-order chi connectivity index (χ1) is 10.6. The molecule has 2 atom stereocenters. The zero-order valence-corrected chi connectivity index (χ0v) is 17.9. The lowest BCUT2D eigenvalue weighted by Gasteiger charge is -2.36. The van der Waals surface area contributed by atoms with E-state index in [1.54, 1.807) is 0 Å². The molecular formula is C18H37IN4. The Hall–Kier alpha value is -0.0400. The Morgan fingerprint density at radius 1 is 1.17 bits per heavy atom. The molecule has 0 bridgehead atoms. The van der Waals surface area contributed by atoms with Crippen molar-refractivity contribution in [1.82, 2.24) is 15.1 Å². The highest BCUT2D eigenvalue weighted by Crippen LogP contribution is 2.19. The highest BCUT2D eigenvalue weighted by molar-refractivity contribution is 14.0. The van der Waals surface area contributed by atoms with Crippen molar-refractivity contribution in [3.05, 3.63) is 0 Å². The fraction of sp³-hybridized carbons (Fsp3) is 0.944. The molecule has 0 radical (unpaired) electrons. The third kappa shape index (κ3) is 6.77. The number of hydrogen-bond acceptors (Lipinski definition) is 2. The molecule has 0 spiro atoms. The van der Waals surface area contributed by atoms with Crippen molar-refractivity contribution >= 4 is 29.9 Å². The maximum Gasteiger partial charge on any atom is 0.193 e. The second-order valence-corrected chi connectivity index (χ2v) is 7.48. The lowest BCUT2D eigenvalue weighted by Crippen LogP contribution is -2.47. The van der Waals surface area contributed by atoms with E-state index < -0.39 is 0 Å². The molecule has 2 fully saturated rings. The summed E-state index contributed by atoms with van der Waals surface area (Å²) in [7, 11) is 0. The number of hydrogen-bond donors (Lipinski definition) is 1. The molecule has 2 unspecified atom stereocenters. The number of rotatable bonds is 4. The Bertz CT molecular complexity index is 359. The first-order valence-corrected chi connectivity index (χ1v) is 9.37. The van der Waals surface area contributed by atoms with E-state index >= 15 is 0 Å². The van der Waals surface area contributed by atoms with E-state index in [1.165, 1.54) is 45.3 Å². The van der Waals surface area contributed by atoms with Crippen molar-refractivity contribution < 1.29 is 0 Å². The molecule has 136 valence electrons. The Balaban J connectivity index is 0.00000264. The molecule has 0 saturated carbocycles. The zero-order valence-electron chi connectivity index (χ0n) is 15.6. The highest BCUT2D eigenvalue weighted by Gasteiger charge is 2.23. The van der Waals surface area contributed by atoms with Gasteiger partial charge in [-0.2, -0.15) is 0 Å². The number of halogens is 1. The average Bonchev–Trinajstić information content (AvgIpc) is 2.51. The van der Waals surface area contributed by atoms with E-state index in [2.05, 4.69) is 42.8 Å². The van der Waals surface area contributed by atoms with Gasteiger partial charge in [-0.15, -0.1) is 24.0 Å². The number of guanidine groups is 1. The first-order valence-electron chi connectivity index (χ1n) is 9.37. The van der Waals surface area contributed by atoms with Gasteiger partial charge in [0.1, 0.15) is 0 Å². The summed E-state index contributed by atoms with van der Waals surface area (Å²) < 4.78 is 0. The van der Waals surface area contributed by atoms with Crippen molar-refractivity contribution in [2.24, 2.45) is 16.8 Å². The number of nitrogens with zero attached hydrogens (tertiary/aromatic N) is 3. The summed E-state index contributed by atoms with van der Waals surface area (Å²) in [6.07, 6.45) is 5.33. The van der Waals surface area contributed by atoms with Crippen LogP contribution in [0.1, 0.15) is 53.4 Å². The van der Waals surface area contributed by atoms with Gasteiger partial charge in [0.2, 0.25) is 0 Å². The second-order valence-electron chi connectivity index (χ2n) is 7.48. The molecule has 0 aliphatic carbocycles. The van der Waals surface area contributed by atoms with E-state index in [0.29, 0.717) is 6.04 Å². The van der Waals surface area contributed by atoms with E-state index in [-0.39, 0.29) is 24.0 Å². The van der Waals surface area contributed by atoms with Crippen molar-refractivity contribution in [2.75, 3.05) is 39.3 Å². The van der Waals surface area contributed by atoms with Crippen LogP contribution in [0.3, 0.4) is 0 Å². The van der Waals surface area contributed by atoms with E-state index in [4.69, 9.17) is 4.99 Å². The summed E-state index contributed by atoms with van der Waals surface area (Å²) in [6.45, 7) is 15.9. The maximum absolute atomic E-state index is 4.99. The second kappa shape index (κ2) is 10.7. The molecule has 0 aromatic heterocycles. The molecule has 2 aliphatic heterocycles. The third-order valence-electron chi connectivity index (χ3n) is 5.07. The van der Waals surface area contributed by atoms with Gasteiger partial charge in [0.15, 0.2) is 5.96 Å². The van der Waals surface area contributed by atoms with Crippen LogP contribution >= 0.6 is 24.0 Å². The van der Waals surface area contributed by atoms with Crippen molar-refractivity contribution in [1.29, 1.82) is 0 Å². The predicted molar refractivity (Wildman–Crippen MR) is 111 cm³/mol. The quantitative estimate of drug-likeness (QED) is 0.416. The summed E-state index contributed by atoms with van der Waals surface area (Å²) in [4.78, 5) is 10.1. The molecule has 4 nitrogen and oxygen atoms in total. The van der Waals surface area contributed by atoms with Gasteiger partial charge in [-0.3, -0.25) is 4.99 Å². The Morgan fingerprint density at radius 2 is 1.91 bits per heavy atom. The van der Waals surface area contributed by atoms with Crippen LogP contribution in [0.25, 0.3) is 0 Å². The Labute approximate surface area is 160 Å². The summed E-state index contributed by atoms with van der Waals surface area (Å²) in [5.74, 6) is 2.67. The van der Waals surface area contributed by atoms with Crippen LogP contribution in [0.15, 0.2) is 4.99 Å². The largest absolute Gasteiger partial charge is 0.357 e. The minimum atomic E-state index is 0. The Kier molecular flexibility index (Phi) is 9.82. The van der Waals surface area contributed by atoms with Gasteiger partial charge in [0.25, 0.3) is 0 Å². The highest BCUT2D eigenvalue weighted by atomic mass is 127. The fourth-order valence-corrected chi connectivity index (χ4v) is 3.74. The Morgan fingerprint density at radius 3 is 2.57 bits per heavy atom. The summed E-state index contributed by atoms with van der Waals surface area (Å²) >= 11 is 0. The maximum atomic E-state index is 4.99. The van der Waals surface area contributed by atoms with Crippen LogP contribution in [0.5, 0.6) is 0 Å². The first kappa shape index (κ1) is 21.0. The van der Waals surface area contributed by atoms with Gasteiger partial charge < -0.3 is 15.1 Å². The van der Waals surface area contributed by atoms with Crippen LogP contribution < -0.4 is 5.32 Å². The van der Waals surface area contributed by atoms with Gasteiger partial charge in [-0.1, -0.05) is 6.92 Å². The standard InChI is InChI=1S/C18H36N4.HI/c1-5-19-18(22-11-6-8-16(4)13-22)20-12-17-9-7-10-21(14-17)15(2)3;/h15-17H,5-14H2,1-4H3,(H,19,20);1H. The molecule has 5 heteroatoms. The molecule has 2 aliphatic rings. The topological polar surface area (TPSA) is 30.9 Å². The average molecular weight is 436 g/mol. The third-order valence-corrected chi connectivity index (χ3v) is 5.07. The minimum absolute atomic E-state index is 0. The number of piperidine rings is 2. The predicted octanol–water partition coefficient (Wildman–Crippen LogP) is 3.42. The smallest absolute Gasteiger partial charge is 0.193 e. The molecule has 2 rings (SSSR count). The SMILES string of the molecule is CCNC(=NCC1CCCN(C(C)C)C1)N1CCCC(C)C1.I. The van der Waals surface area contributed by atoms with Crippen molar-refractivity contribution in [3.8, 4) is 0 Å². The van der Waals surface area contributed by atoms with Crippen LogP contribution in [-0.2, 0) is 0 Å². The minimum Gasteiger partial charge on any atom is -0.357 e. The number of nitrogens with one attached hydrogen (secondary N) is 1. The van der Waals surface area contributed by atoms with Crippen LogP contribution in [0.4, 0.5) is 0 Å². The fourth-order valence-electron chi connectivity index (χ4n) is 3.74. The molecule has 0 aromatic carbocycles. The molecule has 2 heterocycles. The van der Waals surface area contributed by atoms with Gasteiger partial charge >= 0.3 is 0 Å². The molecule has 0 amide bonds. The lowest BCUT2D eigenvalue weighted by molar-refractivity contribution is 0.143. The summed E-state index contributed by atoms with van der Waals surface area (Å²) in [5.41, 5.74) is 0. The van der Waals surface area contributed by atoms with Crippen LogP contribution in [0, 0.1) is 11.8 Å². The normalized spacial score (nSPS) is 27.0. The monoisotopic (exact) mass is 436 g/mol. The van der Waals surface area contributed by atoms with E-state index in [0.717, 1.165) is 37.4 Å². The van der Waals surface area contributed by atoms with Crippen molar-refractivity contribution in [2.45, 2.75) is 59.4 Å². The number of aliphatic imine (C=N–C) groups is 1. The lowest BCUT2D eigenvalue weighted by atomic mass is 9.97. The van der Waals surface area contributed by atoms with Gasteiger partial charge in [-0.25, -0.2) is 0 Å².